The van der Waals surface area contributed by atoms with E-state index >= 15 is 0 Å². The van der Waals surface area contributed by atoms with Gasteiger partial charge in [0, 0.05) is 12.6 Å². The fraction of sp³-hybridized carbons (Fsp3) is 0.0909. The minimum Gasteiger partial charge on any atom is -0.378 e. The predicted octanol–water partition coefficient (Wildman–Crippen LogP) is 3.53. The lowest BCUT2D eigenvalue weighted by atomic mass is 10.2. The lowest BCUT2D eigenvalue weighted by Gasteiger charge is -2.07. The van der Waals surface area contributed by atoms with Crippen LogP contribution in [0.15, 0.2) is 30.3 Å². The number of nitrogens with one attached hydrogen (secondary N) is 1. The number of anilines is 1. The molecule has 1 N–H and O–H groups in total. The zero-order valence-corrected chi connectivity index (χ0v) is 10.1. The van der Waals surface area contributed by atoms with Gasteiger partial charge in [0.1, 0.15) is 5.82 Å². The van der Waals surface area contributed by atoms with Gasteiger partial charge in [0.05, 0.1) is 5.69 Å². The Balaban J connectivity index is 2.09. The average Bonchev–Trinajstić information content (AvgIpc) is 2.30. The minimum atomic E-state index is -0.277. The first kappa shape index (κ1) is 12.1. The molecule has 0 bridgehead atoms. The Morgan fingerprint density at radius 1 is 1.18 bits per heavy atom. The van der Waals surface area contributed by atoms with Crippen LogP contribution < -0.4 is 5.32 Å². The summed E-state index contributed by atoms with van der Waals surface area (Å²) >= 11 is 11.5. The van der Waals surface area contributed by atoms with Crippen molar-refractivity contribution in [1.82, 2.24) is 10.2 Å². The molecule has 0 unspecified atom stereocenters. The summed E-state index contributed by atoms with van der Waals surface area (Å²) in [6.07, 6.45) is 0. The van der Waals surface area contributed by atoms with Crippen molar-refractivity contribution < 1.29 is 4.39 Å². The summed E-state index contributed by atoms with van der Waals surface area (Å²) in [6.45, 7) is 0.430. The highest BCUT2D eigenvalue weighted by molar-refractivity contribution is 6.33. The van der Waals surface area contributed by atoms with Gasteiger partial charge in [0.2, 0.25) is 0 Å². The maximum Gasteiger partial charge on any atom is 0.174 e. The van der Waals surface area contributed by atoms with Crippen LogP contribution in [0.4, 0.5) is 10.1 Å². The van der Waals surface area contributed by atoms with Crippen LogP contribution in [0.1, 0.15) is 5.56 Å². The molecule has 1 aromatic heterocycles. The number of hydrogen-bond donors (Lipinski definition) is 1. The lowest BCUT2D eigenvalue weighted by Crippen LogP contribution is -2.01. The van der Waals surface area contributed by atoms with Crippen molar-refractivity contribution in [3.8, 4) is 0 Å². The van der Waals surface area contributed by atoms with Gasteiger partial charge >= 0.3 is 0 Å². The summed E-state index contributed by atoms with van der Waals surface area (Å²) in [5, 5.41) is 10.7. The summed E-state index contributed by atoms with van der Waals surface area (Å²) in [7, 11) is 0. The molecule has 17 heavy (non-hydrogen) atoms. The number of benzene rings is 1. The van der Waals surface area contributed by atoms with Crippen molar-refractivity contribution in [3.05, 3.63) is 52.0 Å². The molecule has 0 spiro atoms. The molecule has 3 nitrogen and oxygen atoms in total. The second-order valence-corrected chi connectivity index (χ2v) is 4.10. The Kier molecular flexibility index (Phi) is 3.76. The number of halogens is 3. The second-order valence-electron chi connectivity index (χ2n) is 3.36. The molecule has 0 aliphatic carbocycles. The molecule has 2 aromatic rings. The maximum atomic E-state index is 12.9. The van der Waals surface area contributed by atoms with Gasteiger partial charge in [0.25, 0.3) is 0 Å². The molecule has 0 atom stereocenters. The van der Waals surface area contributed by atoms with E-state index in [1.165, 1.54) is 12.1 Å². The summed E-state index contributed by atoms with van der Waals surface area (Å²) < 4.78 is 12.9. The molecule has 0 amide bonds. The van der Waals surface area contributed by atoms with Crippen molar-refractivity contribution in [2.45, 2.75) is 6.54 Å². The number of hydrogen-bond acceptors (Lipinski definition) is 3. The highest BCUT2D eigenvalue weighted by Gasteiger charge is 2.04. The number of aromatic nitrogens is 2. The summed E-state index contributed by atoms with van der Waals surface area (Å²) in [6, 6.07) is 7.85. The van der Waals surface area contributed by atoms with E-state index in [0.29, 0.717) is 12.2 Å². The molecule has 0 aliphatic heterocycles. The largest absolute Gasteiger partial charge is 0.378 e. The van der Waals surface area contributed by atoms with E-state index in [4.69, 9.17) is 23.2 Å². The van der Waals surface area contributed by atoms with Crippen molar-refractivity contribution in [2.75, 3.05) is 5.32 Å². The SMILES string of the molecule is Fc1cccc(CNc2cc(Cl)nnc2Cl)c1. The van der Waals surface area contributed by atoms with Crippen molar-refractivity contribution in [3.63, 3.8) is 0 Å². The molecule has 0 aliphatic rings. The molecule has 0 fully saturated rings. The Morgan fingerprint density at radius 3 is 2.76 bits per heavy atom. The summed E-state index contributed by atoms with van der Waals surface area (Å²) in [4.78, 5) is 0. The van der Waals surface area contributed by atoms with Crippen LogP contribution >= 0.6 is 23.2 Å². The Hall–Kier alpha value is -1.39. The molecule has 88 valence electrons. The zero-order valence-electron chi connectivity index (χ0n) is 8.62. The Labute approximate surface area is 108 Å². The highest BCUT2D eigenvalue weighted by atomic mass is 35.5. The third-order valence-corrected chi connectivity index (χ3v) is 2.55. The molecule has 1 heterocycles. The normalized spacial score (nSPS) is 10.3. The first-order chi connectivity index (χ1) is 8.15. The van der Waals surface area contributed by atoms with Crippen LogP contribution in [0.2, 0.25) is 10.3 Å². The van der Waals surface area contributed by atoms with Gasteiger partial charge in [-0.3, -0.25) is 0 Å². The van der Waals surface area contributed by atoms with E-state index < -0.39 is 0 Å². The molecular weight excluding hydrogens is 264 g/mol. The topological polar surface area (TPSA) is 37.8 Å². The third kappa shape index (κ3) is 3.28. The van der Waals surface area contributed by atoms with Gasteiger partial charge in [-0.05, 0) is 17.7 Å². The minimum absolute atomic E-state index is 0.228. The molecule has 1 aromatic carbocycles. The smallest absolute Gasteiger partial charge is 0.174 e. The molecule has 6 heteroatoms. The van der Waals surface area contributed by atoms with E-state index in [1.807, 2.05) is 0 Å². The molecule has 0 radical (unpaired) electrons. The Bertz CT molecular complexity index is 534. The molecule has 2 rings (SSSR count). The monoisotopic (exact) mass is 271 g/mol. The van der Waals surface area contributed by atoms with Crippen LogP contribution in [-0.4, -0.2) is 10.2 Å². The van der Waals surface area contributed by atoms with E-state index in [2.05, 4.69) is 15.5 Å². The first-order valence-corrected chi connectivity index (χ1v) is 5.58. The van der Waals surface area contributed by atoms with Crippen molar-refractivity contribution in [2.24, 2.45) is 0 Å². The predicted molar refractivity (Wildman–Crippen MR) is 65.8 cm³/mol. The number of nitrogens with zero attached hydrogens (tertiary/aromatic N) is 2. The van der Waals surface area contributed by atoms with Gasteiger partial charge in [-0.1, -0.05) is 35.3 Å². The fourth-order valence-corrected chi connectivity index (χ4v) is 1.63. The molecule has 0 saturated heterocycles. The van der Waals surface area contributed by atoms with Gasteiger partial charge in [0.15, 0.2) is 10.3 Å². The van der Waals surface area contributed by atoms with Crippen molar-refractivity contribution >= 4 is 28.9 Å². The number of rotatable bonds is 3. The second kappa shape index (κ2) is 5.29. The first-order valence-electron chi connectivity index (χ1n) is 4.82. The van der Waals surface area contributed by atoms with Crippen molar-refractivity contribution in [1.29, 1.82) is 0 Å². The van der Waals surface area contributed by atoms with E-state index in [0.717, 1.165) is 5.56 Å². The Morgan fingerprint density at radius 2 is 2.00 bits per heavy atom. The third-order valence-electron chi connectivity index (χ3n) is 2.09. The standard InChI is InChI=1S/C11H8Cl2FN3/c12-10-5-9(11(13)17-16-10)15-6-7-2-1-3-8(14)4-7/h1-5H,6H2,(H,15,16). The summed E-state index contributed by atoms with van der Waals surface area (Å²) in [5.41, 5.74) is 1.37. The van der Waals surface area contributed by atoms with Gasteiger partial charge in [-0.25, -0.2) is 4.39 Å². The molecular formula is C11H8Cl2FN3. The van der Waals surface area contributed by atoms with Gasteiger partial charge < -0.3 is 5.32 Å². The van der Waals surface area contributed by atoms with Crippen LogP contribution in [0, 0.1) is 5.82 Å². The lowest BCUT2D eigenvalue weighted by molar-refractivity contribution is 0.626. The van der Waals surface area contributed by atoms with Crippen LogP contribution in [0.25, 0.3) is 0 Å². The van der Waals surface area contributed by atoms with Crippen LogP contribution in [0.5, 0.6) is 0 Å². The average molecular weight is 272 g/mol. The van der Waals surface area contributed by atoms with E-state index in [-0.39, 0.29) is 16.1 Å². The van der Waals surface area contributed by atoms with E-state index in [1.54, 1.807) is 18.2 Å². The van der Waals surface area contributed by atoms with Gasteiger partial charge in [-0.2, -0.15) is 0 Å². The van der Waals surface area contributed by atoms with Gasteiger partial charge in [-0.15, -0.1) is 10.2 Å². The molecule has 0 saturated carbocycles. The summed E-state index contributed by atoms with van der Waals surface area (Å²) in [5.74, 6) is -0.277. The zero-order chi connectivity index (χ0) is 12.3. The highest BCUT2D eigenvalue weighted by Crippen LogP contribution is 2.21. The van der Waals surface area contributed by atoms with Crippen LogP contribution in [-0.2, 0) is 6.54 Å². The quantitative estimate of drug-likeness (QED) is 0.928. The van der Waals surface area contributed by atoms with E-state index in [9.17, 15) is 4.39 Å². The van der Waals surface area contributed by atoms with Crippen LogP contribution in [0.3, 0.4) is 0 Å². The fourth-order valence-electron chi connectivity index (χ4n) is 1.32. The maximum absolute atomic E-state index is 12.9.